The van der Waals surface area contributed by atoms with Crippen LogP contribution in [0.4, 0.5) is 0 Å². The summed E-state index contributed by atoms with van der Waals surface area (Å²) in [5.41, 5.74) is 0. The van der Waals surface area contributed by atoms with E-state index in [0.717, 1.165) is 12.3 Å². The molecule has 0 atom stereocenters. The normalized spacial score (nSPS) is 11.7. The minimum atomic E-state index is -3.75. The Morgan fingerprint density at radius 1 is 1.15 bits per heavy atom. The monoisotopic (exact) mass is 312 g/mol. The predicted molar refractivity (Wildman–Crippen MR) is 79.0 cm³/mol. The van der Waals surface area contributed by atoms with Gasteiger partial charge in [0.15, 0.2) is 0 Å². The fraction of sp³-hybridized carbons (Fsp3) is 0.231. The van der Waals surface area contributed by atoms with Crippen LogP contribution in [0, 0.1) is 0 Å². The van der Waals surface area contributed by atoms with Crippen molar-refractivity contribution in [3.63, 3.8) is 0 Å². The molecule has 2 rings (SSSR count). The maximum Gasteiger partial charge on any atom is 0.271 e. The second-order valence-corrected chi connectivity index (χ2v) is 6.76. The van der Waals surface area contributed by atoms with E-state index < -0.39 is 10.0 Å². The van der Waals surface area contributed by atoms with Gasteiger partial charge in [-0.05, 0) is 24.3 Å². The molecule has 0 aliphatic rings. The molecule has 0 fully saturated rings. The number of primary sulfonamides is 1. The van der Waals surface area contributed by atoms with Crippen LogP contribution in [0.3, 0.4) is 0 Å². The molecule has 1 aromatic carbocycles. The van der Waals surface area contributed by atoms with Crippen molar-refractivity contribution in [2.24, 2.45) is 5.14 Å². The minimum Gasteiger partial charge on any atom is -0.447 e. The number of rotatable bonds is 7. The zero-order valence-corrected chi connectivity index (χ0v) is 12.4. The molecule has 0 unspecified atom stereocenters. The first kappa shape index (κ1) is 15.1. The summed E-state index contributed by atoms with van der Waals surface area (Å²) in [5, 5.41) is 7.95. The van der Waals surface area contributed by atoms with E-state index in [1.54, 1.807) is 17.8 Å². The topological polar surface area (TPSA) is 85.3 Å². The summed E-state index contributed by atoms with van der Waals surface area (Å²) in [6, 6.07) is 13.1. The van der Waals surface area contributed by atoms with Crippen molar-refractivity contribution >= 4 is 21.8 Å². The van der Waals surface area contributed by atoms with Gasteiger partial charge in [0.25, 0.3) is 10.0 Å². The van der Waals surface area contributed by atoms with Crippen molar-refractivity contribution in [2.45, 2.75) is 16.5 Å². The molecule has 0 aliphatic heterocycles. The fourth-order valence-electron chi connectivity index (χ4n) is 1.58. The van der Waals surface area contributed by atoms with Crippen molar-refractivity contribution in [1.82, 2.24) is 5.32 Å². The molecule has 1 heterocycles. The van der Waals surface area contributed by atoms with Gasteiger partial charge >= 0.3 is 0 Å². The van der Waals surface area contributed by atoms with Gasteiger partial charge in [0.05, 0.1) is 6.54 Å². The molecular weight excluding hydrogens is 296 g/mol. The van der Waals surface area contributed by atoms with Crippen LogP contribution in [-0.2, 0) is 16.6 Å². The van der Waals surface area contributed by atoms with E-state index in [1.807, 2.05) is 18.2 Å². The van der Waals surface area contributed by atoms with Gasteiger partial charge in [-0.1, -0.05) is 18.2 Å². The van der Waals surface area contributed by atoms with Gasteiger partial charge in [-0.2, -0.15) is 0 Å². The lowest BCUT2D eigenvalue weighted by atomic mass is 10.4. The summed E-state index contributed by atoms with van der Waals surface area (Å²) in [7, 11) is -3.75. The first-order valence-electron chi connectivity index (χ1n) is 6.06. The van der Waals surface area contributed by atoms with Gasteiger partial charge < -0.3 is 9.73 Å². The number of benzene rings is 1. The summed E-state index contributed by atoms with van der Waals surface area (Å²) in [6.07, 6.45) is 0. The van der Waals surface area contributed by atoms with E-state index >= 15 is 0 Å². The highest BCUT2D eigenvalue weighted by molar-refractivity contribution is 7.99. The van der Waals surface area contributed by atoms with Crippen molar-refractivity contribution in [1.29, 1.82) is 0 Å². The van der Waals surface area contributed by atoms with Gasteiger partial charge in [-0.3, -0.25) is 0 Å². The van der Waals surface area contributed by atoms with E-state index in [-0.39, 0.29) is 5.09 Å². The van der Waals surface area contributed by atoms with Crippen molar-refractivity contribution in [2.75, 3.05) is 12.3 Å². The number of nitrogens with one attached hydrogen (secondary N) is 1. The minimum absolute atomic E-state index is 0.201. The first-order chi connectivity index (χ1) is 9.55. The van der Waals surface area contributed by atoms with E-state index in [9.17, 15) is 8.42 Å². The number of sulfonamides is 1. The van der Waals surface area contributed by atoms with Gasteiger partial charge in [-0.25, -0.2) is 13.6 Å². The average molecular weight is 312 g/mol. The number of furan rings is 1. The maximum atomic E-state index is 11.0. The summed E-state index contributed by atoms with van der Waals surface area (Å²) in [6.45, 7) is 1.27. The number of thioether (sulfide) groups is 1. The van der Waals surface area contributed by atoms with Crippen LogP contribution >= 0.6 is 11.8 Å². The molecule has 20 heavy (non-hydrogen) atoms. The van der Waals surface area contributed by atoms with Crippen LogP contribution in [0.15, 0.2) is 56.9 Å². The molecule has 0 radical (unpaired) electrons. The van der Waals surface area contributed by atoms with Crippen molar-refractivity contribution in [3.05, 3.63) is 48.2 Å². The fourth-order valence-corrected chi connectivity index (χ4v) is 2.89. The lowest BCUT2D eigenvalue weighted by Gasteiger charge is -2.03. The predicted octanol–water partition coefficient (Wildman–Crippen LogP) is 1.81. The highest BCUT2D eigenvalue weighted by atomic mass is 32.2. The Labute approximate surface area is 122 Å². The standard InChI is InChI=1S/C13H16N2O3S2/c14-20(16,17)13-7-6-11(18-13)10-15-8-9-19-12-4-2-1-3-5-12/h1-7,15H,8-10H2,(H2,14,16,17). The average Bonchev–Trinajstić information content (AvgIpc) is 2.88. The van der Waals surface area contributed by atoms with Crippen LogP contribution in [-0.4, -0.2) is 20.7 Å². The second-order valence-electron chi connectivity index (χ2n) is 4.10. The molecule has 0 amide bonds. The molecule has 0 saturated carbocycles. The molecule has 0 spiro atoms. The van der Waals surface area contributed by atoms with Gasteiger partial charge in [0, 0.05) is 17.2 Å². The van der Waals surface area contributed by atoms with E-state index in [4.69, 9.17) is 9.56 Å². The highest BCUT2D eigenvalue weighted by Crippen LogP contribution is 2.16. The Morgan fingerprint density at radius 2 is 1.90 bits per heavy atom. The zero-order valence-electron chi connectivity index (χ0n) is 10.8. The smallest absolute Gasteiger partial charge is 0.271 e. The molecule has 5 nitrogen and oxygen atoms in total. The van der Waals surface area contributed by atoms with Crippen LogP contribution < -0.4 is 10.5 Å². The molecule has 0 saturated heterocycles. The Kier molecular flexibility index (Phi) is 5.24. The zero-order chi connectivity index (χ0) is 14.4. The maximum absolute atomic E-state index is 11.0. The Balaban J connectivity index is 1.70. The SMILES string of the molecule is NS(=O)(=O)c1ccc(CNCCSc2ccccc2)o1. The highest BCUT2D eigenvalue weighted by Gasteiger charge is 2.12. The Hall–Kier alpha value is -1.28. The van der Waals surface area contributed by atoms with E-state index in [2.05, 4.69) is 17.4 Å². The van der Waals surface area contributed by atoms with Gasteiger partial charge in [0.1, 0.15) is 5.76 Å². The third-order valence-corrected chi connectivity index (χ3v) is 4.30. The second kappa shape index (κ2) is 6.94. The van der Waals surface area contributed by atoms with E-state index in [0.29, 0.717) is 12.3 Å². The molecule has 0 aliphatic carbocycles. The first-order valence-corrected chi connectivity index (χ1v) is 8.59. The molecular formula is C13H16N2O3S2. The van der Waals surface area contributed by atoms with Crippen LogP contribution in [0.25, 0.3) is 0 Å². The lowest BCUT2D eigenvalue weighted by Crippen LogP contribution is -2.16. The van der Waals surface area contributed by atoms with Crippen molar-refractivity contribution in [3.8, 4) is 0 Å². The molecule has 0 bridgehead atoms. The third kappa shape index (κ3) is 4.68. The van der Waals surface area contributed by atoms with Gasteiger partial charge in [-0.15, -0.1) is 11.8 Å². The number of hydrogen-bond donors (Lipinski definition) is 2. The quantitative estimate of drug-likeness (QED) is 0.601. The third-order valence-electron chi connectivity index (χ3n) is 2.51. The number of hydrogen-bond acceptors (Lipinski definition) is 5. The van der Waals surface area contributed by atoms with Crippen LogP contribution in [0.2, 0.25) is 0 Å². The molecule has 2 aromatic rings. The van der Waals surface area contributed by atoms with Crippen LogP contribution in [0.5, 0.6) is 0 Å². The Morgan fingerprint density at radius 3 is 2.55 bits per heavy atom. The largest absolute Gasteiger partial charge is 0.447 e. The van der Waals surface area contributed by atoms with E-state index in [1.165, 1.54) is 11.0 Å². The Bertz CT molecular complexity index is 639. The molecule has 108 valence electrons. The number of nitrogens with two attached hydrogens (primary N) is 1. The molecule has 7 heteroatoms. The molecule has 1 aromatic heterocycles. The van der Waals surface area contributed by atoms with Gasteiger partial charge in [0.2, 0.25) is 5.09 Å². The summed E-state index contributed by atoms with van der Waals surface area (Å²) in [4.78, 5) is 1.23. The summed E-state index contributed by atoms with van der Waals surface area (Å²) < 4.78 is 27.2. The summed E-state index contributed by atoms with van der Waals surface area (Å²) in [5.74, 6) is 1.48. The van der Waals surface area contributed by atoms with Crippen LogP contribution in [0.1, 0.15) is 5.76 Å². The van der Waals surface area contributed by atoms with Crippen molar-refractivity contribution < 1.29 is 12.8 Å². The summed E-state index contributed by atoms with van der Waals surface area (Å²) >= 11 is 1.76. The molecule has 3 N–H and O–H groups in total. The lowest BCUT2D eigenvalue weighted by molar-refractivity contribution is 0.404.